The predicted molar refractivity (Wildman–Crippen MR) is 86.0 cm³/mol. The molecule has 2 rings (SSSR count). The van der Waals surface area contributed by atoms with Crippen molar-refractivity contribution < 1.29 is 9.59 Å². The molecule has 4 heteroatoms. The Balaban J connectivity index is 1.84. The summed E-state index contributed by atoms with van der Waals surface area (Å²) in [6.45, 7) is 4.19. The van der Waals surface area contributed by atoms with E-state index in [4.69, 9.17) is 0 Å². The van der Waals surface area contributed by atoms with Crippen LogP contribution in [-0.4, -0.2) is 11.8 Å². The van der Waals surface area contributed by atoms with Gasteiger partial charge in [0.15, 0.2) is 0 Å². The third-order valence-electron chi connectivity index (χ3n) is 3.43. The molecule has 4 nitrogen and oxygen atoms in total. The molecule has 0 aliphatic rings. The molecule has 0 unspecified atom stereocenters. The minimum atomic E-state index is -0.622. The molecule has 2 aromatic rings. The van der Waals surface area contributed by atoms with Gasteiger partial charge in [0.05, 0.1) is 6.04 Å². The Morgan fingerprint density at radius 2 is 1.59 bits per heavy atom. The molecule has 1 atom stereocenters. The minimum absolute atomic E-state index is 0.209. The summed E-state index contributed by atoms with van der Waals surface area (Å²) < 4.78 is 0. The van der Waals surface area contributed by atoms with Gasteiger partial charge in [-0.3, -0.25) is 9.59 Å². The van der Waals surface area contributed by atoms with Crippen LogP contribution in [0.2, 0.25) is 0 Å². The van der Waals surface area contributed by atoms with Crippen LogP contribution in [0.25, 0.3) is 0 Å². The average molecular weight is 296 g/mol. The maximum Gasteiger partial charge on any atom is 0.309 e. The number of aryl methyl sites for hydroxylation is 1. The van der Waals surface area contributed by atoms with Crippen LogP contribution in [0.15, 0.2) is 54.6 Å². The molecule has 22 heavy (non-hydrogen) atoms. The Labute approximate surface area is 130 Å². The Hall–Kier alpha value is -2.62. The highest BCUT2D eigenvalue weighted by Crippen LogP contribution is 2.10. The van der Waals surface area contributed by atoms with Crippen LogP contribution < -0.4 is 10.6 Å². The Morgan fingerprint density at radius 3 is 2.23 bits per heavy atom. The van der Waals surface area contributed by atoms with E-state index in [-0.39, 0.29) is 6.04 Å². The summed E-state index contributed by atoms with van der Waals surface area (Å²) in [5, 5.41) is 5.31. The number of benzene rings is 2. The number of hydrogen-bond acceptors (Lipinski definition) is 2. The van der Waals surface area contributed by atoms with Crippen molar-refractivity contribution in [1.29, 1.82) is 0 Å². The van der Waals surface area contributed by atoms with E-state index in [1.807, 2.05) is 68.4 Å². The average Bonchev–Trinajstić information content (AvgIpc) is 2.54. The minimum Gasteiger partial charge on any atom is -0.344 e. The first kappa shape index (κ1) is 15.8. The van der Waals surface area contributed by atoms with Gasteiger partial charge >= 0.3 is 11.8 Å². The van der Waals surface area contributed by atoms with Crippen LogP contribution in [-0.2, 0) is 16.1 Å². The molecule has 0 bridgehead atoms. The SMILES string of the molecule is Cc1ccc(CNC(=O)C(=O)N[C@H](C)c2ccccc2)cc1. The highest BCUT2D eigenvalue weighted by molar-refractivity contribution is 6.35. The summed E-state index contributed by atoms with van der Waals surface area (Å²) >= 11 is 0. The topological polar surface area (TPSA) is 58.2 Å². The van der Waals surface area contributed by atoms with Crippen LogP contribution in [0, 0.1) is 6.92 Å². The lowest BCUT2D eigenvalue weighted by Gasteiger charge is -2.14. The fourth-order valence-corrected chi connectivity index (χ4v) is 2.06. The number of carbonyl (C=O) groups is 2. The summed E-state index contributed by atoms with van der Waals surface area (Å²) in [5.41, 5.74) is 3.08. The maximum absolute atomic E-state index is 11.9. The second kappa shape index (κ2) is 7.41. The van der Waals surface area contributed by atoms with Gasteiger partial charge in [-0.1, -0.05) is 60.2 Å². The summed E-state index contributed by atoms with van der Waals surface area (Å²) in [4.78, 5) is 23.7. The second-order valence-electron chi connectivity index (χ2n) is 5.27. The van der Waals surface area contributed by atoms with Crippen LogP contribution >= 0.6 is 0 Å². The zero-order valence-corrected chi connectivity index (χ0v) is 12.8. The van der Waals surface area contributed by atoms with Gasteiger partial charge in [-0.15, -0.1) is 0 Å². The molecule has 0 aliphatic carbocycles. The van der Waals surface area contributed by atoms with Gasteiger partial charge in [0, 0.05) is 6.54 Å². The summed E-state index contributed by atoms with van der Waals surface area (Å²) in [5.74, 6) is -1.24. The third-order valence-corrected chi connectivity index (χ3v) is 3.43. The first-order valence-electron chi connectivity index (χ1n) is 7.25. The standard InChI is InChI=1S/C18H20N2O2/c1-13-8-10-15(11-9-13)12-19-17(21)18(22)20-14(2)16-6-4-3-5-7-16/h3-11,14H,12H2,1-2H3,(H,19,21)(H,20,22)/t14-/m1/s1. The van der Waals surface area contributed by atoms with E-state index < -0.39 is 11.8 Å². The number of rotatable bonds is 4. The normalized spacial score (nSPS) is 11.5. The van der Waals surface area contributed by atoms with Crippen LogP contribution in [0.5, 0.6) is 0 Å². The van der Waals surface area contributed by atoms with Gasteiger partial charge < -0.3 is 10.6 Å². The van der Waals surface area contributed by atoms with Crippen molar-refractivity contribution >= 4 is 11.8 Å². The number of nitrogens with one attached hydrogen (secondary N) is 2. The predicted octanol–water partition coefficient (Wildman–Crippen LogP) is 2.49. The molecule has 2 aromatic carbocycles. The van der Waals surface area contributed by atoms with Gasteiger partial charge in [0.1, 0.15) is 0 Å². The molecule has 0 heterocycles. The smallest absolute Gasteiger partial charge is 0.309 e. The second-order valence-corrected chi connectivity index (χ2v) is 5.27. The van der Waals surface area contributed by atoms with E-state index in [0.29, 0.717) is 6.54 Å². The van der Waals surface area contributed by atoms with E-state index in [0.717, 1.165) is 16.7 Å². The monoisotopic (exact) mass is 296 g/mol. The molecule has 0 saturated carbocycles. The highest BCUT2D eigenvalue weighted by atomic mass is 16.2. The molecule has 0 spiro atoms. The molecule has 0 fully saturated rings. The van der Waals surface area contributed by atoms with Crippen molar-refractivity contribution in [2.24, 2.45) is 0 Å². The Bertz CT molecular complexity index is 636. The lowest BCUT2D eigenvalue weighted by molar-refractivity contribution is -0.139. The zero-order chi connectivity index (χ0) is 15.9. The number of hydrogen-bond donors (Lipinski definition) is 2. The first-order valence-corrected chi connectivity index (χ1v) is 7.25. The summed E-state index contributed by atoms with van der Waals surface area (Å²) in [6.07, 6.45) is 0. The number of carbonyl (C=O) groups excluding carboxylic acids is 2. The molecule has 114 valence electrons. The Morgan fingerprint density at radius 1 is 0.955 bits per heavy atom. The Kier molecular flexibility index (Phi) is 5.31. The van der Waals surface area contributed by atoms with Crippen molar-refractivity contribution in [2.45, 2.75) is 26.4 Å². The van der Waals surface area contributed by atoms with Gasteiger partial charge in [0.2, 0.25) is 0 Å². The molecular weight excluding hydrogens is 276 g/mol. The molecule has 0 aliphatic heterocycles. The van der Waals surface area contributed by atoms with E-state index in [9.17, 15) is 9.59 Å². The molecule has 0 aromatic heterocycles. The summed E-state index contributed by atoms with van der Waals surface area (Å²) in [7, 11) is 0. The fourth-order valence-electron chi connectivity index (χ4n) is 2.06. The molecule has 0 saturated heterocycles. The van der Waals surface area contributed by atoms with E-state index in [1.165, 1.54) is 0 Å². The van der Waals surface area contributed by atoms with E-state index in [1.54, 1.807) is 0 Å². The molecule has 2 N–H and O–H groups in total. The molecule has 2 amide bonds. The number of amides is 2. The van der Waals surface area contributed by atoms with E-state index >= 15 is 0 Å². The quantitative estimate of drug-likeness (QED) is 0.852. The lowest BCUT2D eigenvalue weighted by atomic mass is 10.1. The van der Waals surface area contributed by atoms with Crippen LogP contribution in [0.4, 0.5) is 0 Å². The molecular formula is C18H20N2O2. The van der Waals surface area contributed by atoms with Gasteiger partial charge in [0.25, 0.3) is 0 Å². The first-order chi connectivity index (χ1) is 10.6. The van der Waals surface area contributed by atoms with Crippen molar-refractivity contribution in [3.8, 4) is 0 Å². The van der Waals surface area contributed by atoms with E-state index in [2.05, 4.69) is 10.6 Å². The zero-order valence-electron chi connectivity index (χ0n) is 12.8. The van der Waals surface area contributed by atoms with Crippen LogP contribution in [0.3, 0.4) is 0 Å². The third kappa shape index (κ3) is 4.45. The molecule has 0 radical (unpaired) electrons. The fraction of sp³-hybridized carbons (Fsp3) is 0.222. The van der Waals surface area contributed by atoms with Crippen LogP contribution in [0.1, 0.15) is 29.7 Å². The largest absolute Gasteiger partial charge is 0.344 e. The maximum atomic E-state index is 11.9. The van der Waals surface area contributed by atoms with Gasteiger partial charge in [-0.25, -0.2) is 0 Å². The van der Waals surface area contributed by atoms with Crippen molar-refractivity contribution in [2.75, 3.05) is 0 Å². The highest BCUT2D eigenvalue weighted by Gasteiger charge is 2.16. The lowest BCUT2D eigenvalue weighted by Crippen LogP contribution is -2.40. The van der Waals surface area contributed by atoms with Crippen molar-refractivity contribution in [3.05, 3.63) is 71.3 Å². The summed E-state index contributed by atoms with van der Waals surface area (Å²) in [6, 6.07) is 17.1. The van der Waals surface area contributed by atoms with Gasteiger partial charge in [-0.05, 0) is 25.0 Å². The van der Waals surface area contributed by atoms with Crippen molar-refractivity contribution in [3.63, 3.8) is 0 Å². The van der Waals surface area contributed by atoms with Crippen molar-refractivity contribution in [1.82, 2.24) is 10.6 Å². The van der Waals surface area contributed by atoms with Gasteiger partial charge in [-0.2, -0.15) is 0 Å².